The molecule has 1 heterocycles. The number of hydrogen-bond donors (Lipinski definition) is 2. The van der Waals surface area contributed by atoms with Crippen LogP contribution in [0.3, 0.4) is 0 Å². The number of nitrogens with one attached hydrogen (secondary N) is 2. The van der Waals surface area contributed by atoms with Gasteiger partial charge in [0, 0.05) is 39.3 Å². The van der Waals surface area contributed by atoms with Crippen LogP contribution < -0.4 is 10.6 Å². The molecule has 1 aromatic carbocycles. The van der Waals surface area contributed by atoms with Gasteiger partial charge in [-0.15, -0.1) is 0 Å². The molecule has 1 aliphatic heterocycles. The molecule has 2 rings (SSSR count). The van der Waals surface area contributed by atoms with Crippen molar-refractivity contribution in [2.24, 2.45) is 4.99 Å². The number of fused-ring (bicyclic) bond motifs is 1. The molecule has 7 heteroatoms. The monoisotopic (exact) mass is 356 g/mol. The molecule has 0 radical (unpaired) electrons. The predicted octanol–water partition coefficient (Wildman–Crippen LogP) is 2.94. The topological polar surface area (TPSA) is 39.7 Å². The minimum atomic E-state index is -4.15. The van der Waals surface area contributed by atoms with Gasteiger partial charge in [-0.2, -0.15) is 13.2 Å². The van der Waals surface area contributed by atoms with E-state index in [2.05, 4.69) is 51.7 Å². The summed E-state index contributed by atoms with van der Waals surface area (Å²) in [6.45, 7) is 4.53. The molecule has 1 unspecified atom stereocenters. The molecule has 0 aliphatic carbocycles. The van der Waals surface area contributed by atoms with E-state index in [-0.39, 0.29) is 6.54 Å². The minimum Gasteiger partial charge on any atom is -0.356 e. The zero-order valence-corrected chi connectivity index (χ0v) is 14.9. The molecule has 140 valence electrons. The second kappa shape index (κ2) is 9.08. The Morgan fingerprint density at radius 2 is 1.96 bits per heavy atom. The van der Waals surface area contributed by atoms with Crippen LogP contribution in [0.15, 0.2) is 29.3 Å². The first-order chi connectivity index (χ1) is 11.9. The van der Waals surface area contributed by atoms with Gasteiger partial charge < -0.3 is 10.6 Å². The van der Waals surface area contributed by atoms with Gasteiger partial charge >= 0.3 is 6.18 Å². The van der Waals surface area contributed by atoms with Gasteiger partial charge in [0.25, 0.3) is 0 Å². The Balaban J connectivity index is 1.83. The average Bonchev–Trinajstić information content (AvgIpc) is 2.59. The van der Waals surface area contributed by atoms with E-state index in [1.54, 1.807) is 7.05 Å². The summed E-state index contributed by atoms with van der Waals surface area (Å²) in [4.78, 5) is 6.43. The van der Waals surface area contributed by atoms with Crippen molar-refractivity contribution in [3.63, 3.8) is 0 Å². The SMILES string of the molecule is CCC(CNC(=NC)NCCC(F)(F)F)N1CCc2ccccc2C1. The highest BCUT2D eigenvalue weighted by molar-refractivity contribution is 5.79. The highest BCUT2D eigenvalue weighted by Gasteiger charge is 2.26. The van der Waals surface area contributed by atoms with E-state index in [4.69, 9.17) is 0 Å². The maximum Gasteiger partial charge on any atom is 0.390 e. The third-order valence-electron chi connectivity index (χ3n) is 4.58. The molecule has 1 aromatic rings. The van der Waals surface area contributed by atoms with Crippen LogP contribution in [0, 0.1) is 0 Å². The second-order valence-corrected chi connectivity index (χ2v) is 6.30. The number of halogens is 3. The van der Waals surface area contributed by atoms with Crippen LogP contribution in [-0.4, -0.2) is 49.8 Å². The van der Waals surface area contributed by atoms with Gasteiger partial charge in [0.2, 0.25) is 0 Å². The van der Waals surface area contributed by atoms with E-state index >= 15 is 0 Å². The first kappa shape index (κ1) is 19.6. The molecule has 4 nitrogen and oxygen atoms in total. The molecule has 25 heavy (non-hydrogen) atoms. The van der Waals surface area contributed by atoms with Gasteiger partial charge in [0.05, 0.1) is 6.42 Å². The van der Waals surface area contributed by atoms with E-state index < -0.39 is 12.6 Å². The fourth-order valence-corrected chi connectivity index (χ4v) is 3.12. The molecule has 2 N–H and O–H groups in total. The fourth-order valence-electron chi connectivity index (χ4n) is 3.12. The van der Waals surface area contributed by atoms with Crippen molar-refractivity contribution in [1.82, 2.24) is 15.5 Å². The molecule has 0 amide bonds. The third-order valence-corrected chi connectivity index (χ3v) is 4.58. The third kappa shape index (κ3) is 6.23. The highest BCUT2D eigenvalue weighted by Crippen LogP contribution is 2.21. The van der Waals surface area contributed by atoms with E-state index in [9.17, 15) is 13.2 Å². The second-order valence-electron chi connectivity index (χ2n) is 6.30. The Morgan fingerprint density at radius 1 is 1.24 bits per heavy atom. The van der Waals surface area contributed by atoms with Gasteiger partial charge in [-0.1, -0.05) is 31.2 Å². The maximum atomic E-state index is 12.2. The van der Waals surface area contributed by atoms with Crippen LogP contribution in [0.1, 0.15) is 30.9 Å². The Kier molecular flexibility index (Phi) is 7.11. The van der Waals surface area contributed by atoms with Crippen molar-refractivity contribution in [3.05, 3.63) is 35.4 Å². The molecule has 0 aromatic heterocycles. The fraction of sp³-hybridized carbons (Fsp3) is 0.611. The summed E-state index contributed by atoms with van der Waals surface area (Å²) in [5.74, 6) is 0.417. The van der Waals surface area contributed by atoms with Crippen molar-refractivity contribution >= 4 is 5.96 Å². The average molecular weight is 356 g/mol. The van der Waals surface area contributed by atoms with Crippen molar-refractivity contribution in [1.29, 1.82) is 0 Å². The first-order valence-corrected chi connectivity index (χ1v) is 8.75. The van der Waals surface area contributed by atoms with Crippen LogP contribution in [0.2, 0.25) is 0 Å². The highest BCUT2D eigenvalue weighted by atomic mass is 19.4. The van der Waals surface area contributed by atoms with Crippen LogP contribution in [0.5, 0.6) is 0 Å². The van der Waals surface area contributed by atoms with Crippen LogP contribution in [0.4, 0.5) is 13.2 Å². The van der Waals surface area contributed by atoms with Crippen molar-refractivity contribution in [2.45, 2.75) is 44.9 Å². The lowest BCUT2D eigenvalue weighted by molar-refractivity contribution is -0.132. The summed E-state index contributed by atoms with van der Waals surface area (Å²) in [6.07, 6.45) is -3.02. The lowest BCUT2D eigenvalue weighted by Gasteiger charge is -2.35. The lowest BCUT2D eigenvalue weighted by Crippen LogP contribution is -2.48. The number of alkyl halides is 3. The first-order valence-electron chi connectivity index (χ1n) is 8.75. The van der Waals surface area contributed by atoms with Crippen LogP contribution in [-0.2, 0) is 13.0 Å². The number of benzene rings is 1. The molecule has 0 spiro atoms. The standard InChI is InChI=1S/C18H27F3N4/c1-3-16(12-24-17(22-2)23-10-9-18(19,20)21)25-11-8-14-6-4-5-7-15(14)13-25/h4-7,16H,3,8-13H2,1-2H3,(H2,22,23,24). The van der Waals surface area contributed by atoms with E-state index in [1.807, 2.05) is 0 Å². The lowest BCUT2D eigenvalue weighted by atomic mass is 9.98. The summed E-state index contributed by atoms with van der Waals surface area (Å²) in [5, 5.41) is 5.88. The van der Waals surface area contributed by atoms with Crippen molar-refractivity contribution in [3.8, 4) is 0 Å². The molecule has 1 atom stereocenters. The Hall–Kier alpha value is -1.76. The summed E-state index contributed by atoms with van der Waals surface area (Å²) in [5.41, 5.74) is 2.77. The van der Waals surface area contributed by atoms with E-state index in [0.717, 1.165) is 25.9 Å². The summed E-state index contributed by atoms with van der Waals surface area (Å²) >= 11 is 0. The molecule has 0 saturated heterocycles. The zero-order chi connectivity index (χ0) is 18.3. The van der Waals surface area contributed by atoms with Gasteiger partial charge in [0.1, 0.15) is 0 Å². The van der Waals surface area contributed by atoms with Crippen molar-refractivity contribution < 1.29 is 13.2 Å². The minimum absolute atomic E-state index is 0.170. The van der Waals surface area contributed by atoms with Crippen LogP contribution >= 0.6 is 0 Å². The van der Waals surface area contributed by atoms with Crippen molar-refractivity contribution in [2.75, 3.05) is 26.7 Å². The normalized spacial score (nSPS) is 17.1. The zero-order valence-electron chi connectivity index (χ0n) is 14.9. The molecular formula is C18H27F3N4. The van der Waals surface area contributed by atoms with E-state index in [0.29, 0.717) is 18.5 Å². The van der Waals surface area contributed by atoms with Gasteiger partial charge in [-0.05, 0) is 24.0 Å². The predicted molar refractivity (Wildman–Crippen MR) is 94.7 cm³/mol. The molecule has 0 bridgehead atoms. The van der Waals surface area contributed by atoms with Gasteiger partial charge in [-0.3, -0.25) is 9.89 Å². The number of nitrogens with zero attached hydrogens (tertiary/aromatic N) is 2. The Labute approximate surface area is 147 Å². The number of rotatable bonds is 6. The largest absolute Gasteiger partial charge is 0.390 e. The molecule has 1 aliphatic rings. The van der Waals surface area contributed by atoms with Crippen LogP contribution in [0.25, 0.3) is 0 Å². The Bertz CT molecular complexity index is 572. The number of hydrogen-bond acceptors (Lipinski definition) is 2. The Morgan fingerprint density at radius 3 is 2.60 bits per heavy atom. The molecule has 0 fully saturated rings. The molecule has 0 saturated carbocycles. The number of guanidine groups is 1. The smallest absolute Gasteiger partial charge is 0.356 e. The van der Waals surface area contributed by atoms with Gasteiger partial charge in [0.15, 0.2) is 5.96 Å². The summed E-state index contributed by atoms with van der Waals surface area (Å²) < 4.78 is 36.7. The molecular weight excluding hydrogens is 329 g/mol. The summed E-state index contributed by atoms with van der Waals surface area (Å²) in [6, 6.07) is 8.80. The summed E-state index contributed by atoms with van der Waals surface area (Å²) in [7, 11) is 1.57. The quantitative estimate of drug-likeness (QED) is 0.608. The van der Waals surface area contributed by atoms with Gasteiger partial charge in [-0.25, -0.2) is 0 Å². The maximum absolute atomic E-state index is 12.2. The van der Waals surface area contributed by atoms with E-state index in [1.165, 1.54) is 11.1 Å². The number of aliphatic imine (C=N–C) groups is 1.